The van der Waals surface area contributed by atoms with Gasteiger partial charge in [-0.25, -0.2) is 0 Å². The number of amides is 11. The van der Waals surface area contributed by atoms with Gasteiger partial charge in [-0.15, -0.1) is 0 Å². The van der Waals surface area contributed by atoms with Crippen molar-refractivity contribution in [3.8, 4) is 0 Å². The van der Waals surface area contributed by atoms with Crippen molar-refractivity contribution in [3.05, 3.63) is 12.2 Å². The maximum Gasteiger partial charge on any atom is 0.276 e. The number of likely N-dealkylation sites (N-methyl/N-ethyl adjacent to an activating group) is 7. The van der Waals surface area contributed by atoms with Crippen molar-refractivity contribution in [1.82, 2.24) is 60.9 Å². The minimum Gasteiger partial charge on any atom is -0.390 e. The van der Waals surface area contributed by atoms with Gasteiger partial charge in [-0.1, -0.05) is 122 Å². The molecule has 1 aliphatic heterocycles. The first-order valence-electron chi connectivity index (χ1n) is 33.9. The molecule has 0 spiro atoms. The standard InChI is InChI=1S/C68H124N12O13/c1-26-29-31-46(16)57(82)56-61(86)72-49(28-3)63(88)74(19)39-54(81)75(20)50(35-40(4)5)60(85)73-55(44(12)13)66(91)76(21)51(36-41(6)7)59(84)70-47(17)58(83)71-48(18)62(87)77(22)52(37-42(8)9)64(89)78(23)53(38-43(10)11)65(90)80(25)68(45(14)15,67(92)79(56)24)93-34-33-69-32-30-27-2/h26,29,40-53,55-57,69,82H,27-28,30-39H2,1-25H3,(H,70,84)(H,71,83)(H,72,86)(H,73,85)/b29-26+/t46-,47+,48-,49+,50+,51+,52+,53+,55+,56+,57-,68+/m1/s1. The molecule has 0 aromatic heterocycles. The minimum absolute atomic E-state index is 0.00942. The highest BCUT2D eigenvalue weighted by Gasteiger charge is 2.55. The fraction of sp³-hybridized carbons (Fsp3) is 0.809. The fourth-order valence-corrected chi connectivity index (χ4v) is 11.6. The molecule has 534 valence electrons. The van der Waals surface area contributed by atoms with E-state index in [1.165, 1.54) is 87.7 Å². The van der Waals surface area contributed by atoms with Gasteiger partial charge >= 0.3 is 0 Å². The zero-order valence-corrected chi connectivity index (χ0v) is 61.4. The van der Waals surface area contributed by atoms with Gasteiger partial charge in [0.2, 0.25) is 64.8 Å². The molecule has 93 heavy (non-hydrogen) atoms. The number of ether oxygens (including phenoxy) is 1. The van der Waals surface area contributed by atoms with Crippen molar-refractivity contribution < 1.29 is 62.6 Å². The maximum absolute atomic E-state index is 16.1. The first-order valence-corrected chi connectivity index (χ1v) is 33.9. The molecule has 0 unspecified atom stereocenters. The Morgan fingerprint density at radius 3 is 1.52 bits per heavy atom. The van der Waals surface area contributed by atoms with Crippen LogP contribution in [0, 0.1) is 41.4 Å². The lowest BCUT2D eigenvalue weighted by molar-refractivity contribution is -0.208. The van der Waals surface area contributed by atoms with E-state index in [4.69, 9.17) is 4.74 Å². The van der Waals surface area contributed by atoms with Crippen molar-refractivity contribution in [2.45, 2.75) is 242 Å². The summed E-state index contributed by atoms with van der Waals surface area (Å²) in [5.41, 5.74) is -2.23. The molecule has 0 aromatic carbocycles. The average molecular weight is 1320 g/mol. The molecule has 25 nitrogen and oxygen atoms in total. The van der Waals surface area contributed by atoms with Crippen LogP contribution in [0.3, 0.4) is 0 Å². The predicted octanol–water partition coefficient (Wildman–Crippen LogP) is 4.00. The Kier molecular flexibility index (Phi) is 36.1. The van der Waals surface area contributed by atoms with Gasteiger partial charge in [0, 0.05) is 61.8 Å². The molecule has 1 rings (SSSR count). The number of hydrogen-bond acceptors (Lipinski definition) is 14. The number of rotatable bonds is 22. The van der Waals surface area contributed by atoms with Crippen LogP contribution in [0.4, 0.5) is 0 Å². The van der Waals surface area contributed by atoms with Gasteiger partial charge in [0.25, 0.3) is 5.91 Å². The maximum atomic E-state index is 16.1. The molecule has 6 N–H and O–H groups in total. The molecule has 0 radical (unpaired) electrons. The highest BCUT2D eigenvalue weighted by Crippen LogP contribution is 2.33. The minimum atomic E-state index is -2.23. The van der Waals surface area contributed by atoms with E-state index in [0.717, 1.165) is 22.6 Å². The van der Waals surface area contributed by atoms with Crippen LogP contribution in [0.25, 0.3) is 0 Å². The van der Waals surface area contributed by atoms with Crippen molar-refractivity contribution in [2.24, 2.45) is 41.4 Å². The first kappa shape index (κ1) is 84.8. The molecule has 1 saturated heterocycles. The number of nitrogens with one attached hydrogen (secondary N) is 5. The first-order chi connectivity index (χ1) is 43.1. The van der Waals surface area contributed by atoms with E-state index in [-0.39, 0.29) is 75.3 Å². The van der Waals surface area contributed by atoms with Crippen LogP contribution >= 0.6 is 0 Å². The van der Waals surface area contributed by atoms with Crippen LogP contribution in [0.5, 0.6) is 0 Å². The Bertz CT molecular complexity index is 2510. The van der Waals surface area contributed by atoms with Crippen LogP contribution in [-0.4, -0.2) is 246 Å². The van der Waals surface area contributed by atoms with Gasteiger partial charge in [-0.3, -0.25) is 52.7 Å². The van der Waals surface area contributed by atoms with E-state index in [0.29, 0.717) is 6.54 Å². The van der Waals surface area contributed by atoms with Crippen LogP contribution in [-0.2, 0) is 57.5 Å². The van der Waals surface area contributed by atoms with Gasteiger partial charge in [-0.05, 0) is 108 Å². The van der Waals surface area contributed by atoms with E-state index < -0.39 is 155 Å². The monoisotopic (exact) mass is 1320 g/mol. The Labute approximate surface area is 557 Å². The van der Waals surface area contributed by atoms with Gasteiger partial charge in [0.15, 0.2) is 0 Å². The van der Waals surface area contributed by atoms with E-state index in [2.05, 4.69) is 26.6 Å². The zero-order chi connectivity index (χ0) is 71.8. The summed E-state index contributed by atoms with van der Waals surface area (Å²) in [6.45, 7) is 32.0. The van der Waals surface area contributed by atoms with E-state index in [1.807, 2.05) is 62.3 Å². The summed E-state index contributed by atoms with van der Waals surface area (Å²) in [5.74, 6) is -10.7. The van der Waals surface area contributed by atoms with Gasteiger partial charge in [-0.2, -0.15) is 0 Å². The Balaban J connectivity index is 4.57. The SMILES string of the molecule is C/C=C/C[C@@H](C)[C@@H](O)[C@H]1C(=O)N[C@@H](CC)C(=O)N(C)CC(=O)N(C)[C@@H](CC(C)C)C(=O)N[C@@H](C(C)C)C(=O)N(C)[C@@H](CC(C)C)C(=O)N[C@@H](C)C(=O)N[C@H](C)C(=O)N(C)[C@@H](CC(C)C)C(=O)N(C)[C@@H](CC(C)C)C(=O)N(C)[C@](OCCNCCCC)(C(C)C)C(=O)N1C. The third-order valence-corrected chi connectivity index (χ3v) is 17.6. The third-order valence-electron chi connectivity index (χ3n) is 17.6. The number of allylic oxidation sites excluding steroid dienone is 2. The van der Waals surface area contributed by atoms with Gasteiger partial charge in [0.05, 0.1) is 19.3 Å². The molecule has 1 fully saturated rings. The summed E-state index contributed by atoms with van der Waals surface area (Å²) in [6.07, 6.45) is 4.51. The molecule has 1 heterocycles. The normalized spacial score (nSPS) is 26.4. The summed E-state index contributed by atoms with van der Waals surface area (Å²) in [5, 5.41) is 26.8. The molecule has 25 heteroatoms. The molecule has 0 saturated carbocycles. The lowest BCUT2D eigenvalue weighted by Crippen LogP contribution is -2.70. The number of aliphatic hydroxyl groups excluding tert-OH is 1. The van der Waals surface area contributed by atoms with E-state index in [9.17, 15) is 38.7 Å². The summed E-state index contributed by atoms with van der Waals surface area (Å²) in [6, 6.07) is -11.5. The van der Waals surface area contributed by atoms with Gasteiger partial charge in [0.1, 0.15) is 54.4 Å². The summed E-state index contributed by atoms with van der Waals surface area (Å²) in [7, 11) is 9.84. The molecular weight excluding hydrogens is 1190 g/mol. The van der Waals surface area contributed by atoms with Crippen molar-refractivity contribution in [3.63, 3.8) is 0 Å². The summed E-state index contributed by atoms with van der Waals surface area (Å²) in [4.78, 5) is 172. The number of nitrogens with zero attached hydrogens (tertiary/aromatic N) is 7. The lowest BCUT2D eigenvalue weighted by atomic mass is 9.89. The van der Waals surface area contributed by atoms with Crippen LogP contribution in [0.15, 0.2) is 12.2 Å². The molecule has 0 bridgehead atoms. The molecular formula is C68H124N12O13. The molecule has 0 aromatic rings. The highest BCUT2D eigenvalue weighted by atomic mass is 16.5. The zero-order valence-electron chi connectivity index (χ0n) is 61.4. The predicted molar refractivity (Wildman–Crippen MR) is 361 cm³/mol. The van der Waals surface area contributed by atoms with Crippen LogP contribution < -0.4 is 26.6 Å². The van der Waals surface area contributed by atoms with E-state index in [1.54, 1.807) is 60.6 Å². The molecule has 12 atom stereocenters. The molecule has 1 aliphatic rings. The Morgan fingerprint density at radius 2 is 1.03 bits per heavy atom. The van der Waals surface area contributed by atoms with Crippen molar-refractivity contribution >= 4 is 65.0 Å². The van der Waals surface area contributed by atoms with Crippen LogP contribution in [0.2, 0.25) is 0 Å². The fourth-order valence-electron chi connectivity index (χ4n) is 11.6. The van der Waals surface area contributed by atoms with Crippen LogP contribution in [0.1, 0.15) is 176 Å². The topological polar surface area (TPSA) is 300 Å². The Morgan fingerprint density at radius 1 is 0.559 bits per heavy atom. The Hall–Kier alpha value is -6.21. The second kappa shape index (κ2) is 39.6. The number of unbranched alkanes of at least 4 members (excludes halogenated alkanes) is 1. The van der Waals surface area contributed by atoms with Crippen molar-refractivity contribution in [2.75, 3.05) is 75.6 Å². The quantitative estimate of drug-likeness (QED) is 0.0660. The smallest absolute Gasteiger partial charge is 0.276 e. The summed E-state index contributed by atoms with van der Waals surface area (Å²) >= 11 is 0. The highest BCUT2D eigenvalue weighted by molar-refractivity contribution is 6.00. The largest absolute Gasteiger partial charge is 0.390 e. The number of aliphatic hydroxyl groups is 1. The second-order valence-electron chi connectivity index (χ2n) is 28.1. The molecule has 11 amide bonds. The average Bonchev–Trinajstić information content (AvgIpc) is 0.775. The second-order valence-corrected chi connectivity index (χ2v) is 28.1. The summed E-state index contributed by atoms with van der Waals surface area (Å²) < 4.78 is 6.76. The number of hydrogen-bond donors (Lipinski definition) is 6. The van der Waals surface area contributed by atoms with Crippen molar-refractivity contribution in [1.29, 1.82) is 0 Å². The number of carbonyl (C=O) groups excluding carboxylic acids is 11. The number of carbonyl (C=O) groups is 11. The van der Waals surface area contributed by atoms with Gasteiger partial charge < -0.3 is 70.7 Å². The third kappa shape index (κ3) is 23.9. The van der Waals surface area contributed by atoms with E-state index >= 15 is 19.2 Å². The lowest BCUT2D eigenvalue weighted by Gasteiger charge is -2.48. The molecule has 0 aliphatic carbocycles.